The summed E-state index contributed by atoms with van der Waals surface area (Å²) in [5, 5.41) is 8.13. The highest BCUT2D eigenvalue weighted by molar-refractivity contribution is 7.80. The maximum atomic E-state index is 12.6. The summed E-state index contributed by atoms with van der Waals surface area (Å²) in [5.74, 6) is -0.698. The van der Waals surface area contributed by atoms with Gasteiger partial charge in [-0.3, -0.25) is 14.6 Å². The van der Waals surface area contributed by atoms with Gasteiger partial charge in [-0.1, -0.05) is 60.7 Å². The number of allylic oxidation sites excluding steroid dienone is 1. The number of nitrogens with one attached hydrogen (secondary N) is 2. The predicted molar refractivity (Wildman–Crippen MR) is 146 cm³/mol. The molecular formula is C28H26F2N4O2S. The highest BCUT2D eigenvalue weighted by atomic mass is 32.1. The second kappa shape index (κ2) is 11.4. The van der Waals surface area contributed by atoms with Crippen LogP contribution in [0, 0.1) is 0 Å². The molecule has 9 heteroatoms. The number of rotatable bonds is 10. The summed E-state index contributed by atoms with van der Waals surface area (Å²) < 4.78 is 25.2. The first-order valence-electron chi connectivity index (χ1n) is 11.7. The van der Waals surface area contributed by atoms with E-state index < -0.39 is 24.4 Å². The van der Waals surface area contributed by atoms with Crippen LogP contribution in [0.1, 0.15) is 35.1 Å². The van der Waals surface area contributed by atoms with Crippen molar-refractivity contribution in [1.82, 2.24) is 10.6 Å². The third-order valence-corrected chi connectivity index (χ3v) is 6.61. The Kier molecular flexibility index (Phi) is 8.03. The number of halogens is 2. The number of hydrogen-bond donors (Lipinski definition) is 3. The number of aldehydes is 1. The van der Waals surface area contributed by atoms with Gasteiger partial charge in [-0.05, 0) is 52.4 Å². The molecule has 37 heavy (non-hydrogen) atoms. The Labute approximate surface area is 218 Å². The molecule has 6 nitrogen and oxygen atoms in total. The van der Waals surface area contributed by atoms with E-state index in [0.29, 0.717) is 10.6 Å². The molecule has 0 aliphatic heterocycles. The van der Waals surface area contributed by atoms with E-state index in [1.807, 2.05) is 60.7 Å². The van der Waals surface area contributed by atoms with E-state index in [-0.39, 0.29) is 12.8 Å². The van der Waals surface area contributed by atoms with Crippen molar-refractivity contribution in [3.63, 3.8) is 0 Å². The second-order valence-electron chi connectivity index (χ2n) is 8.78. The standard InChI is InChI=1S/C28H26F2N4O2S/c29-25(30)16-32-14-21(13-31)20-11-18-5-1-3-7-22(18)24(12-20)28(9-10-28)34-27(37)23-8-4-2-6-19(23)15-33-26(36)17-35/h1-8,11-14,17,25H,9-10,15-16,31H2,(H,33,36)(H,34,37)/b21-13+,32-14?. The summed E-state index contributed by atoms with van der Waals surface area (Å²) in [4.78, 5) is 26.5. The van der Waals surface area contributed by atoms with Crippen LogP contribution in [0.2, 0.25) is 0 Å². The van der Waals surface area contributed by atoms with Crippen LogP contribution in [0.5, 0.6) is 0 Å². The lowest BCUT2D eigenvalue weighted by Gasteiger charge is -2.24. The Bertz CT molecular complexity index is 1400. The molecule has 0 heterocycles. The van der Waals surface area contributed by atoms with Gasteiger partial charge in [0.25, 0.3) is 12.3 Å². The number of amides is 1. The van der Waals surface area contributed by atoms with E-state index in [0.717, 1.165) is 45.9 Å². The molecule has 1 aliphatic carbocycles. The molecule has 4 N–H and O–H groups in total. The van der Waals surface area contributed by atoms with Gasteiger partial charge in [0.1, 0.15) is 4.99 Å². The summed E-state index contributed by atoms with van der Waals surface area (Å²) in [6.45, 7) is -0.423. The monoisotopic (exact) mass is 520 g/mol. The summed E-state index contributed by atoms with van der Waals surface area (Å²) in [7, 11) is 0. The smallest absolute Gasteiger partial charge is 0.284 e. The van der Waals surface area contributed by atoms with Gasteiger partial charge >= 0.3 is 0 Å². The van der Waals surface area contributed by atoms with E-state index in [1.54, 1.807) is 0 Å². The minimum Gasteiger partial charge on any atom is -0.404 e. The lowest BCUT2D eigenvalue weighted by molar-refractivity contribution is -0.131. The quantitative estimate of drug-likeness (QED) is 0.161. The third kappa shape index (κ3) is 6.06. The number of hydrogen-bond acceptors (Lipinski definition) is 5. The zero-order valence-electron chi connectivity index (χ0n) is 19.9. The fourth-order valence-electron chi connectivity index (χ4n) is 4.31. The molecule has 3 aromatic rings. The van der Waals surface area contributed by atoms with Gasteiger partial charge in [-0.2, -0.15) is 0 Å². The summed E-state index contributed by atoms with van der Waals surface area (Å²) in [6.07, 6.45) is 2.12. The Morgan fingerprint density at radius 1 is 1.14 bits per heavy atom. The molecule has 1 aliphatic rings. The van der Waals surface area contributed by atoms with Gasteiger partial charge in [0.15, 0.2) is 0 Å². The van der Waals surface area contributed by atoms with E-state index >= 15 is 0 Å². The van der Waals surface area contributed by atoms with Gasteiger partial charge in [-0.25, -0.2) is 8.78 Å². The average Bonchev–Trinajstić information content (AvgIpc) is 3.69. The molecule has 0 radical (unpaired) electrons. The molecule has 1 amide bonds. The summed E-state index contributed by atoms with van der Waals surface area (Å²) >= 11 is 5.80. The number of fused-ring (bicyclic) bond motifs is 1. The number of thiocarbonyl (C=S) groups is 1. The van der Waals surface area contributed by atoms with Crippen LogP contribution in [0.3, 0.4) is 0 Å². The van der Waals surface area contributed by atoms with Crippen LogP contribution >= 0.6 is 12.2 Å². The maximum absolute atomic E-state index is 12.6. The van der Waals surface area contributed by atoms with Crippen LogP contribution in [0.4, 0.5) is 8.78 Å². The van der Waals surface area contributed by atoms with Crippen LogP contribution in [0.15, 0.2) is 71.9 Å². The average molecular weight is 521 g/mol. The molecular weight excluding hydrogens is 494 g/mol. The summed E-state index contributed by atoms with van der Waals surface area (Å²) in [5.41, 5.74) is 9.30. The first kappa shape index (κ1) is 26.1. The van der Waals surface area contributed by atoms with Crippen molar-refractivity contribution < 1.29 is 18.4 Å². The molecule has 0 spiro atoms. The molecule has 1 fully saturated rings. The topological polar surface area (TPSA) is 96.6 Å². The number of benzene rings is 3. The molecule has 0 unspecified atom stereocenters. The SMILES string of the molecule is N/C=C(\C=NCC(F)F)c1cc(C2(NC(=S)c3ccccc3CNC(=O)C=O)CC2)c2ccccc2c1. The van der Waals surface area contributed by atoms with E-state index in [2.05, 4.69) is 15.6 Å². The first-order valence-corrected chi connectivity index (χ1v) is 12.1. The van der Waals surface area contributed by atoms with Crippen molar-refractivity contribution >= 4 is 52.0 Å². The van der Waals surface area contributed by atoms with Gasteiger partial charge in [-0.15, -0.1) is 0 Å². The summed E-state index contributed by atoms with van der Waals surface area (Å²) in [6, 6.07) is 19.3. The molecule has 0 saturated heterocycles. The van der Waals surface area contributed by atoms with Gasteiger partial charge in [0.05, 0.1) is 12.1 Å². The molecule has 190 valence electrons. The van der Waals surface area contributed by atoms with Crippen molar-refractivity contribution in [2.24, 2.45) is 10.7 Å². The Morgan fingerprint density at radius 2 is 1.86 bits per heavy atom. The Balaban J connectivity index is 1.68. The van der Waals surface area contributed by atoms with Crippen molar-refractivity contribution in [2.45, 2.75) is 31.4 Å². The van der Waals surface area contributed by atoms with Crippen LogP contribution in [-0.4, -0.2) is 36.4 Å². The lowest BCUT2D eigenvalue weighted by Crippen LogP contribution is -2.35. The minimum atomic E-state index is -2.53. The Morgan fingerprint density at radius 3 is 2.57 bits per heavy atom. The fraction of sp³-hybridized carbons (Fsp3) is 0.214. The normalized spacial score (nSPS) is 14.6. The van der Waals surface area contributed by atoms with Crippen molar-refractivity contribution in [1.29, 1.82) is 0 Å². The van der Waals surface area contributed by atoms with E-state index in [9.17, 15) is 18.4 Å². The highest BCUT2D eigenvalue weighted by Gasteiger charge is 2.46. The molecule has 0 aromatic heterocycles. The third-order valence-electron chi connectivity index (χ3n) is 6.29. The number of nitrogens with zero attached hydrogens (tertiary/aromatic N) is 1. The van der Waals surface area contributed by atoms with Crippen LogP contribution in [-0.2, 0) is 21.7 Å². The maximum Gasteiger partial charge on any atom is 0.284 e. The fourth-order valence-corrected chi connectivity index (χ4v) is 4.70. The molecule has 1 saturated carbocycles. The molecule has 4 rings (SSSR count). The number of alkyl halides is 2. The van der Waals surface area contributed by atoms with Gasteiger partial charge in [0.2, 0.25) is 6.29 Å². The molecule has 0 atom stereocenters. The number of carbonyl (C=O) groups excluding carboxylic acids is 2. The van der Waals surface area contributed by atoms with Crippen molar-refractivity contribution in [3.05, 3.63) is 89.1 Å². The second-order valence-corrected chi connectivity index (χ2v) is 9.19. The largest absolute Gasteiger partial charge is 0.404 e. The molecule has 0 bridgehead atoms. The van der Waals surface area contributed by atoms with Crippen molar-refractivity contribution in [3.8, 4) is 0 Å². The minimum absolute atomic E-state index is 0.170. The highest BCUT2D eigenvalue weighted by Crippen LogP contribution is 2.49. The number of carbonyl (C=O) groups is 2. The Hall–Kier alpha value is -3.98. The number of aliphatic imine (C=N–C) groups is 1. The van der Waals surface area contributed by atoms with Crippen LogP contribution in [0.25, 0.3) is 16.3 Å². The van der Waals surface area contributed by atoms with Crippen LogP contribution < -0.4 is 16.4 Å². The van der Waals surface area contributed by atoms with Crippen molar-refractivity contribution in [2.75, 3.05) is 6.54 Å². The lowest BCUT2D eigenvalue weighted by atomic mass is 9.92. The first-order chi connectivity index (χ1) is 17.9. The van der Waals surface area contributed by atoms with Gasteiger partial charge < -0.3 is 16.4 Å². The number of nitrogens with two attached hydrogens (primary N) is 1. The predicted octanol–water partition coefficient (Wildman–Crippen LogP) is 4.24. The van der Waals surface area contributed by atoms with E-state index in [4.69, 9.17) is 18.0 Å². The zero-order valence-corrected chi connectivity index (χ0v) is 20.7. The zero-order chi connectivity index (χ0) is 26.4. The molecule has 3 aromatic carbocycles. The van der Waals surface area contributed by atoms with E-state index in [1.165, 1.54) is 12.4 Å². The van der Waals surface area contributed by atoms with Gasteiger partial charge in [0, 0.05) is 30.1 Å².